The maximum absolute atomic E-state index is 13.0. The van der Waals surface area contributed by atoms with Crippen molar-refractivity contribution in [1.29, 1.82) is 0 Å². The van der Waals surface area contributed by atoms with Gasteiger partial charge < -0.3 is 29.6 Å². The van der Waals surface area contributed by atoms with Crippen molar-refractivity contribution in [2.75, 3.05) is 5.32 Å². The third-order valence-corrected chi connectivity index (χ3v) is 7.69. The minimum atomic E-state index is -0.473. The van der Waals surface area contributed by atoms with E-state index in [1.54, 1.807) is 18.2 Å². The van der Waals surface area contributed by atoms with E-state index in [1.807, 2.05) is 77.7 Å². The van der Waals surface area contributed by atoms with Gasteiger partial charge in [0.15, 0.2) is 0 Å². The number of benzene rings is 2. The van der Waals surface area contributed by atoms with Gasteiger partial charge in [-0.05, 0) is 86.4 Å². The number of aromatic nitrogens is 1. The van der Waals surface area contributed by atoms with E-state index in [2.05, 4.69) is 10.5 Å². The summed E-state index contributed by atoms with van der Waals surface area (Å²) in [7, 11) is 1.44. The fourth-order valence-electron chi connectivity index (χ4n) is 4.88. The Hall–Kier alpha value is -3.27. The molecule has 192 valence electrons. The minimum absolute atomic E-state index is 0.143. The molecule has 2 heterocycles. The van der Waals surface area contributed by atoms with Crippen LogP contribution in [0.2, 0.25) is 6.82 Å². The van der Waals surface area contributed by atoms with E-state index in [-0.39, 0.29) is 12.0 Å². The molecule has 3 N–H and O–H groups in total. The number of nitrogens with zero attached hydrogens (tertiary/aromatic N) is 1. The van der Waals surface area contributed by atoms with Crippen LogP contribution in [0.3, 0.4) is 0 Å². The molecule has 1 saturated carbocycles. The van der Waals surface area contributed by atoms with Crippen LogP contribution in [-0.4, -0.2) is 34.7 Å². The third-order valence-electron chi connectivity index (χ3n) is 6.83. The first-order chi connectivity index (χ1) is 18.0. The fourth-order valence-corrected chi connectivity index (χ4v) is 5.73. The molecule has 0 aliphatic heterocycles. The molecular weight excluding hydrogens is 485 g/mol. The smallest absolute Gasteiger partial charge is 0.373 e. The standard InChI is InChI=1S/C28H32BN3O4S/c1-29(34)31-20-7-9-22(10-8-20)36-23-13-11-21(12-14-23)35-18-19-5-3-4-6-24(19)30-28(33)26-17-27-25(32(26)2)15-16-37-27/h3-6,11-17,20,22,31,34H,7-10,18H2,1-2H3,(H,30,33). The maximum atomic E-state index is 13.0. The zero-order valence-corrected chi connectivity index (χ0v) is 22.0. The summed E-state index contributed by atoms with van der Waals surface area (Å²) in [4.78, 5) is 13.0. The van der Waals surface area contributed by atoms with E-state index in [9.17, 15) is 9.82 Å². The van der Waals surface area contributed by atoms with Crippen LogP contribution in [-0.2, 0) is 13.7 Å². The van der Waals surface area contributed by atoms with E-state index in [0.29, 0.717) is 18.3 Å². The lowest BCUT2D eigenvalue weighted by atomic mass is 9.83. The first kappa shape index (κ1) is 25.4. The molecular formula is C28H32BN3O4S. The third kappa shape index (κ3) is 6.18. The number of fused-ring (bicyclic) bond motifs is 1. The van der Waals surface area contributed by atoms with Gasteiger partial charge in [-0.1, -0.05) is 18.2 Å². The Morgan fingerprint density at radius 3 is 2.54 bits per heavy atom. The highest BCUT2D eigenvalue weighted by Crippen LogP contribution is 2.27. The number of aryl methyl sites for hydroxylation is 1. The van der Waals surface area contributed by atoms with E-state index in [4.69, 9.17) is 9.47 Å². The molecule has 0 atom stereocenters. The molecule has 2 aromatic carbocycles. The number of rotatable bonds is 9. The quantitative estimate of drug-likeness (QED) is 0.257. The first-order valence-electron chi connectivity index (χ1n) is 12.7. The van der Waals surface area contributed by atoms with Crippen LogP contribution in [0.1, 0.15) is 41.7 Å². The van der Waals surface area contributed by atoms with E-state index < -0.39 is 7.05 Å². The van der Waals surface area contributed by atoms with Gasteiger partial charge in [0.1, 0.15) is 23.8 Å². The minimum Gasteiger partial charge on any atom is -0.490 e. The number of carbonyl (C=O) groups is 1. The SMILES string of the molecule is CB(O)NC1CCC(Oc2ccc(OCc3ccccc3NC(=O)c3cc4sccc4n3C)cc2)CC1. The van der Waals surface area contributed by atoms with Crippen molar-refractivity contribution in [1.82, 2.24) is 9.79 Å². The van der Waals surface area contributed by atoms with Crippen LogP contribution in [0.5, 0.6) is 11.5 Å². The van der Waals surface area contributed by atoms with Crippen molar-refractivity contribution in [3.63, 3.8) is 0 Å². The molecule has 0 bridgehead atoms. The van der Waals surface area contributed by atoms with Gasteiger partial charge in [0, 0.05) is 18.3 Å². The number of carbonyl (C=O) groups excluding carboxylic acids is 1. The van der Waals surface area contributed by atoms with Crippen molar-refractivity contribution in [3.05, 3.63) is 77.3 Å². The highest BCUT2D eigenvalue weighted by atomic mass is 32.1. The predicted molar refractivity (Wildman–Crippen MR) is 150 cm³/mol. The van der Waals surface area contributed by atoms with Gasteiger partial charge in [-0.15, -0.1) is 11.3 Å². The van der Waals surface area contributed by atoms with E-state index in [0.717, 1.165) is 58.6 Å². The number of anilines is 1. The molecule has 1 aliphatic rings. The molecule has 5 rings (SSSR count). The molecule has 9 heteroatoms. The average Bonchev–Trinajstić information content (AvgIpc) is 3.48. The summed E-state index contributed by atoms with van der Waals surface area (Å²) in [6, 6.07) is 19.7. The van der Waals surface area contributed by atoms with Crippen LogP contribution in [0.4, 0.5) is 5.69 Å². The van der Waals surface area contributed by atoms with Crippen LogP contribution in [0, 0.1) is 0 Å². The van der Waals surface area contributed by atoms with Crippen LogP contribution >= 0.6 is 11.3 Å². The molecule has 0 radical (unpaired) electrons. The Balaban J connectivity index is 1.15. The Bertz CT molecular complexity index is 1340. The Labute approximate surface area is 221 Å². The van der Waals surface area contributed by atoms with Gasteiger partial charge in [0.2, 0.25) is 0 Å². The summed E-state index contributed by atoms with van der Waals surface area (Å²) < 4.78 is 15.2. The maximum Gasteiger partial charge on any atom is 0.373 e. The first-order valence-corrected chi connectivity index (χ1v) is 13.6. The molecule has 1 amide bonds. The topological polar surface area (TPSA) is 84.8 Å². The highest BCUT2D eigenvalue weighted by Gasteiger charge is 2.23. The molecule has 37 heavy (non-hydrogen) atoms. The Morgan fingerprint density at radius 2 is 1.81 bits per heavy atom. The normalized spacial score (nSPS) is 17.5. The number of thiophene rings is 1. The molecule has 0 saturated heterocycles. The van der Waals surface area contributed by atoms with Crippen LogP contribution in [0.15, 0.2) is 66.0 Å². The summed E-state index contributed by atoms with van der Waals surface area (Å²) in [6.45, 7) is 2.09. The number of ether oxygens (including phenoxy) is 2. The average molecular weight is 517 g/mol. The van der Waals surface area contributed by atoms with Crippen molar-refractivity contribution in [2.24, 2.45) is 7.05 Å². The second kappa shape index (κ2) is 11.4. The fraction of sp³-hybridized carbons (Fsp3) is 0.321. The van der Waals surface area contributed by atoms with Gasteiger partial charge in [-0.3, -0.25) is 4.79 Å². The van der Waals surface area contributed by atoms with E-state index >= 15 is 0 Å². The number of hydrogen-bond acceptors (Lipinski definition) is 6. The molecule has 1 aliphatic carbocycles. The molecule has 1 fully saturated rings. The predicted octanol–water partition coefficient (Wildman–Crippen LogP) is 5.46. The number of amides is 1. The van der Waals surface area contributed by atoms with Gasteiger partial charge in [0.05, 0.1) is 16.3 Å². The lowest BCUT2D eigenvalue weighted by Crippen LogP contribution is -2.43. The van der Waals surface area contributed by atoms with Crippen molar-refractivity contribution in [2.45, 2.75) is 51.3 Å². The van der Waals surface area contributed by atoms with Gasteiger partial charge in [-0.25, -0.2) is 0 Å². The molecule has 7 nitrogen and oxygen atoms in total. The Morgan fingerprint density at radius 1 is 1.08 bits per heavy atom. The Kier molecular flexibility index (Phi) is 7.83. The molecule has 2 aromatic heterocycles. The van der Waals surface area contributed by atoms with Gasteiger partial charge in [0.25, 0.3) is 5.91 Å². The summed E-state index contributed by atoms with van der Waals surface area (Å²) in [5.74, 6) is 1.42. The largest absolute Gasteiger partial charge is 0.490 e. The second-order valence-corrected chi connectivity index (χ2v) is 10.5. The second-order valence-electron chi connectivity index (χ2n) is 9.56. The number of hydrogen-bond donors (Lipinski definition) is 3. The lowest BCUT2D eigenvalue weighted by Gasteiger charge is -2.30. The lowest BCUT2D eigenvalue weighted by molar-refractivity contribution is 0.101. The molecule has 0 spiro atoms. The van der Waals surface area contributed by atoms with E-state index in [1.165, 1.54) is 0 Å². The van der Waals surface area contributed by atoms with Crippen LogP contribution in [0.25, 0.3) is 10.2 Å². The number of nitrogens with one attached hydrogen (secondary N) is 2. The summed E-state index contributed by atoms with van der Waals surface area (Å²) >= 11 is 1.63. The zero-order chi connectivity index (χ0) is 25.8. The van der Waals surface area contributed by atoms with Crippen LogP contribution < -0.4 is 20.0 Å². The molecule has 0 unspecified atom stereocenters. The van der Waals surface area contributed by atoms with Crippen molar-refractivity contribution in [3.8, 4) is 11.5 Å². The number of para-hydroxylation sites is 1. The van der Waals surface area contributed by atoms with Gasteiger partial charge >= 0.3 is 7.05 Å². The zero-order valence-electron chi connectivity index (χ0n) is 21.1. The van der Waals surface area contributed by atoms with Crippen molar-refractivity contribution < 1.29 is 19.3 Å². The highest BCUT2D eigenvalue weighted by molar-refractivity contribution is 7.17. The summed E-state index contributed by atoms with van der Waals surface area (Å²) in [6.07, 6.45) is 4.11. The monoisotopic (exact) mass is 517 g/mol. The van der Waals surface area contributed by atoms with Crippen molar-refractivity contribution >= 4 is 40.2 Å². The summed E-state index contributed by atoms with van der Waals surface area (Å²) in [5, 5.41) is 17.8. The van der Waals surface area contributed by atoms with Gasteiger partial charge in [-0.2, -0.15) is 0 Å². The molecule has 4 aromatic rings. The summed E-state index contributed by atoms with van der Waals surface area (Å²) in [5.41, 5.74) is 3.31.